The molecule has 2 N–H and O–H groups in total. The number of fused-ring (bicyclic) bond motifs is 1. The van der Waals surface area contributed by atoms with Crippen LogP contribution in [0.3, 0.4) is 0 Å². The molecule has 47 heavy (non-hydrogen) atoms. The summed E-state index contributed by atoms with van der Waals surface area (Å²) in [5.74, 6) is 0.686. The number of carbonyl (C=O) groups is 1. The van der Waals surface area contributed by atoms with Crippen LogP contribution in [0, 0.1) is 0 Å². The van der Waals surface area contributed by atoms with Crippen molar-refractivity contribution in [1.29, 1.82) is 0 Å². The lowest BCUT2D eigenvalue weighted by molar-refractivity contribution is -0.129. The molecule has 1 aliphatic carbocycles. The van der Waals surface area contributed by atoms with Crippen molar-refractivity contribution < 1.29 is 32.5 Å². The quantitative estimate of drug-likeness (QED) is 0.198. The average molecular weight is 655 g/mol. The molecule has 9 nitrogen and oxygen atoms in total. The van der Waals surface area contributed by atoms with Crippen molar-refractivity contribution in [3.63, 3.8) is 0 Å². The van der Waals surface area contributed by atoms with Crippen molar-refractivity contribution in [3.05, 3.63) is 125 Å². The van der Waals surface area contributed by atoms with Crippen molar-refractivity contribution in [3.8, 4) is 11.5 Å². The summed E-state index contributed by atoms with van der Waals surface area (Å²) in [4.78, 5) is 19.9. The van der Waals surface area contributed by atoms with E-state index >= 15 is 0 Å². The third kappa shape index (κ3) is 7.03. The molecule has 4 aromatic carbocycles. The van der Waals surface area contributed by atoms with Gasteiger partial charge in [0.05, 0.1) is 24.4 Å². The van der Waals surface area contributed by atoms with Gasteiger partial charge in [0, 0.05) is 31.1 Å². The zero-order chi connectivity index (χ0) is 32.9. The fourth-order valence-electron chi connectivity index (χ4n) is 6.18. The van der Waals surface area contributed by atoms with Gasteiger partial charge in [-0.1, -0.05) is 54.6 Å². The molecule has 6 rings (SSSR count). The first kappa shape index (κ1) is 32.3. The van der Waals surface area contributed by atoms with Crippen molar-refractivity contribution in [2.45, 2.75) is 48.3 Å². The van der Waals surface area contributed by atoms with Crippen molar-refractivity contribution in [2.75, 3.05) is 26.1 Å². The molecule has 0 aromatic heterocycles. The molecule has 2 aliphatic rings. The Kier molecular flexibility index (Phi) is 9.60. The SMILES string of the molecule is COc1cccc([C@H]2OC(c3ccc(OCCCO)cc3)=N[C@@]2(CCS(=O)(=O)c2ccccc2)C(=O)NC2Cc3ccccc3C2)c1. The van der Waals surface area contributed by atoms with Crippen LogP contribution < -0.4 is 14.8 Å². The minimum Gasteiger partial charge on any atom is -0.497 e. The number of nitrogens with one attached hydrogen (secondary N) is 1. The summed E-state index contributed by atoms with van der Waals surface area (Å²) in [7, 11) is -2.21. The number of methoxy groups -OCH3 is 1. The smallest absolute Gasteiger partial charge is 0.252 e. The molecule has 2 atom stereocenters. The highest BCUT2D eigenvalue weighted by Gasteiger charge is 2.54. The normalized spacial score (nSPS) is 19.0. The molecule has 244 valence electrons. The van der Waals surface area contributed by atoms with E-state index in [4.69, 9.17) is 24.3 Å². The zero-order valence-electron chi connectivity index (χ0n) is 26.2. The van der Waals surface area contributed by atoms with Crippen molar-refractivity contribution in [2.24, 2.45) is 4.99 Å². The summed E-state index contributed by atoms with van der Waals surface area (Å²) in [5.41, 5.74) is 1.98. The van der Waals surface area contributed by atoms with Crippen molar-refractivity contribution in [1.82, 2.24) is 5.32 Å². The Bertz CT molecular complexity index is 1820. The van der Waals surface area contributed by atoms with Gasteiger partial charge >= 0.3 is 0 Å². The molecule has 1 heterocycles. The third-order valence-corrected chi connectivity index (χ3v) is 10.4. The zero-order valence-corrected chi connectivity index (χ0v) is 27.0. The van der Waals surface area contributed by atoms with E-state index in [0.29, 0.717) is 48.5 Å². The standard InChI is InChI=1S/C37H38N2O7S/c1-44-32-12-7-11-29(25-32)34-37(19-22-47(42,43)33-13-3-2-4-14-33,36(41)38-30-23-27-9-5-6-10-28(27)24-30)39-35(46-34)26-15-17-31(18-16-26)45-21-8-20-40/h2-7,9-18,25,30,34,40H,8,19-24H2,1H3,(H,38,41)/t34-,37-/m1/s1. The Morgan fingerprint density at radius 3 is 2.32 bits per heavy atom. The maximum absolute atomic E-state index is 14.7. The van der Waals surface area contributed by atoms with Gasteiger partial charge in [0.25, 0.3) is 5.91 Å². The second-order valence-corrected chi connectivity index (χ2v) is 13.9. The van der Waals surface area contributed by atoms with Crippen molar-refractivity contribution >= 4 is 21.6 Å². The van der Waals surface area contributed by atoms with E-state index in [2.05, 4.69) is 17.4 Å². The predicted octanol–water partition coefficient (Wildman–Crippen LogP) is 4.86. The lowest BCUT2D eigenvalue weighted by Gasteiger charge is -2.32. The van der Waals surface area contributed by atoms with Gasteiger partial charge in [0.1, 0.15) is 11.5 Å². The number of carbonyl (C=O) groups excluding carboxylic acids is 1. The van der Waals surface area contributed by atoms with Crippen LogP contribution in [0.15, 0.2) is 113 Å². The van der Waals surface area contributed by atoms with Crippen LogP contribution in [0.2, 0.25) is 0 Å². The van der Waals surface area contributed by atoms with Gasteiger partial charge in [0.15, 0.2) is 21.5 Å². The van der Waals surface area contributed by atoms with Crippen LogP contribution in [0.1, 0.15) is 41.2 Å². The predicted molar refractivity (Wildman–Crippen MR) is 179 cm³/mol. The summed E-state index contributed by atoms with van der Waals surface area (Å²) in [5, 5.41) is 12.3. The summed E-state index contributed by atoms with van der Waals surface area (Å²) in [6.45, 7) is 0.404. The van der Waals surface area contributed by atoms with E-state index in [-0.39, 0.29) is 35.6 Å². The topological polar surface area (TPSA) is 124 Å². The molecule has 4 aromatic rings. The van der Waals surface area contributed by atoms with E-state index in [1.165, 1.54) is 11.1 Å². The second kappa shape index (κ2) is 14.0. The highest BCUT2D eigenvalue weighted by Crippen LogP contribution is 2.44. The molecule has 1 aliphatic heterocycles. The molecular weight excluding hydrogens is 616 g/mol. The lowest BCUT2D eigenvalue weighted by Crippen LogP contribution is -2.52. The molecule has 0 fully saturated rings. The molecule has 0 bridgehead atoms. The number of aliphatic hydroxyl groups is 1. The number of nitrogens with zero attached hydrogens (tertiary/aromatic N) is 1. The largest absolute Gasteiger partial charge is 0.497 e. The highest BCUT2D eigenvalue weighted by atomic mass is 32.2. The van der Waals surface area contributed by atoms with Crippen LogP contribution in [0.25, 0.3) is 0 Å². The van der Waals surface area contributed by atoms with Gasteiger partial charge < -0.3 is 24.6 Å². The Labute approximate surface area is 275 Å². The summed E-state index contributed by atoms with van der Waals surface area (Å²) < 4.78 is 45.0. The minimum atomic E-state index is -3.77. The van der Waals surface area contributed by atoms with E-state index < -0.39 is 27.4 Å². The summed E-state index contributed by atoms with van der Waals surface area (Å²) >= 11 is 0. The first-order valence-electron chi connectivity index (χ1n) is 15.7. The number of aliphatic imine (C=N–C) groups is 1. The minimum absolute atomic E-state index is 0.0332. The molecular formula is C37H38N2O7S. The maximum Gasteiger partial charge on any atom is 0.252 e. The van der Waals surface area contributed by atoms with Gasteiger partial charge in [0.2, 0.25) is 5.90 Å². The van der Waals surface area contributed by atoms with Crippen LogP contribution >= 0.6 is 0 Å². The number of hydrogen-bond acceptors (Lipinski definition) is 8. The molecule has 0 saturated carbocycles. The molecule has 0 radical (unpaired) electrons. The third-order valence-electron chi connectivity index (χ3n) is 8.67. The maximum atomic E-state index is 14.7. The van der Waals surface area contributed by atoms with Gasteiger partial charge in [-0.05, 0) is 78.1 Å². The van der Waals surface area contributed by atoms with E-state index in [1.807, 2.05) is 24.3 Å². The fourth-order valence-corrected chi connectivity index (χ4v) is 7.57. The molecule has 0 saturated heterocycles. The van der Waals surface area contributed by atoms with E-state index in [0.717, 1.165) is 0 Å². The summed E-state index contributed by atoms with van der Waals surface area (Å²) in [6, 6.07) is 30.5. The van der Waals surface area contributed by atoms with E-state index in [1.54, 1.807) is 73.8 Å². The number of benzene rings is 4. The van der Waals surface area contributed by atoms with Crippen LogP contribution in [0.4, 0.5) is 0 Å². The first-order valence-corrected chi connectivity index (χ1v) is 17.4. The monoisotopic (exact) mass is 654 g/mol. The van der Waals surface area contributed by atoms with Crippen LogP contribution in [0.5, 0.6) is 11.5 Å². The lowest BCUT2D eigenvalue weighted by atomic mass is 9.84. The summed E-state index contributed by atoms with van der Waals surface area (Å²) in [6.07, 6.45) is 0.778. The Balaban J connectivity index is 1.40. The highest BCUT2D eigenvalue weighted by molar-refractivity contribution is 7.91. The molecule has 1 amide bonds. The fraction of sp³-hybridized carbons (Fsp3) is 0.297. The number of sulfone groups is 1. The van der Waals surface area contributed by atoms with Crippen LogP contribution in [-0.4, -0.2) is 63.0 Å². The molecule has 0 unspecified atom stereocenters. The van der Waals surface area contributed by atoms with Crippen LogP contribution in [-0.2, 0) is 32.2 Å². The number of ether oxygens (including phenoxy) is 3. The van der Waals surface area contributed by atoms with Gasteiger partial charge in [-0.2, -0.15) is 0 Å². The molecule has 10 heteroatoms. The van der Waals surface area contributed by atoms with Gasteiger partial charge in [-0.3, -0.25) is 4.79 Å². The Morgan fingerprint density at radius 2 is 1.64 bits per heavy atom. The molecule has 0 spiro atoms. The average Bonchev–Trinajstić information content (AvgIpc) is 3.70. The van der Waals surface area contributed by atoms with E-state index in [9.17, 15) is 13.2 Å². The Morgan fingerprint density at radius 1 is 0.936 bits per heavy atom. The first-order chi connectivity index (χ1) is 22.8. The number of rotatable bonds is 13. The van der Waals surface area contributed by atoms with Gasteiger partial charge in [-0.15, -0.1) is 0 Å². The second-order valence-electron chi connectivity index (χ2n) is 11.8. The van der Waals surface area contributed by atoms with Gasteiger partial charge in [-0.25, -0.2) is 13.4 Å². The Hall–Kier alpha value is -4.67. The number of aliphatic hydroxyl groups excluding tert-OH is 1. The number of hydrogen-bond donors (Lipinski definition) is 2. The number of amides is 1.